The molecule has 2 heterocycles. The molecule has 0 bridgehead atoms. The zero-order valence-corrected chi connectivity index (χ0v) is 22.8. The van der Waals surface area contributed by atoms with Crippen molar-refractivity contribution in [3.8, 4) is 0 Å². The lowest BCUT2D eigenvalue weighted by atomic mass is 9.78. The van der Waals surface area contributed by atoms with Gasteiger partial charge in [-0.05, 0) is 50.9 Å². The number of benzene rings is 4. The number of likely N-dealkylation sites (N-methyl/N-ethyl adjacent to an activating group) is 2. The normalized spacial score (nSPS) is 21.1. The van der Waals surface area contributed by atoms with E-state index >= 15 is 0 Å². The fraction of sp³-hybridized carbons (Fsp3) is 0.257. The van der Waals surface area contributed by atoms with Crippen molar-refractivity contribution >= 4 is 32.9 Å². The molecule has 2 heteroatoms. The molecule has 2 aliphatic heterocycles. The van der Waals surface area contributed by atoms with Gasteiger partial charge in [0.1, 0.15) is 0 Å². The fourth-order valence-electron chi connectivity index (χ4n) is 6.96. The molecule has 0 N–H and O–H groups in total. The van der Waals surface area contributed by atoms with E-state index < -0.39 is 0 Å². The van der Waals surface area contributed by atoms with Crippen LogP contribution in [0.25, 0.3) is 21.5 Å². The van der Waals surface area contributed by atoms with Crippen LogP contribution in [-0.2, 0) is 10.8 Å². The van der Waals surface area contributed by atoms with Gasteiger partial charge in [0, 0.05) is 42.0 Å². The maximum Gasteiger partial charge on any atom is 0.0565 e. The number of anilines is 2. The number of hydrogen-bond acceptors (Lipinski definition) is 2. The Labute approximate surface area is 221 Å². The van der Waals surface area contributed by atoms with Crippen LogP contribution in [0.2, 0.25) is 0 Å². The zero-order chi connectivity index (χ0) is 25.9. The van der Waals surface area contributed by atoms with E-state index in [0.29, 0.717) is 6.04 Å². The van der Waals surface area contributed by atoms with Crippen molar-refractivity contribution in [3.63, 3.8) is 0 Å². The van der Waals surface area contributed by atoms with Gasteiger partial charge < -0.3 is 9.80 Å². The first-order valence-electron chi connectivity index (χ1n) is 13.3. The van der Waals surface area contributed by atoms with Crippen molar-refractivity contribution in [1.82, 2.24) is 0 Å². The quantitative estimate of drug-likeness (QED) is 0.269. The first-order valence-corrected chi connectivity index (χ1v) is 13.3. The van der Waals surface area contributed by atoms with Crippen molar-refractivity contribution in [2.45, 2.75) is 44.6 Å². The second-order valence-electron chi connectivity index (χ2n) is 11.6. The molecule has 0 saturated carbocycles. The van der Waals surface area contributed by atoms with Crippen LogP contribution in [0.5, 0.6) is 0 Å². The van der Waals surface area contributed by atoms with Crippen LogP contribution < -0.4 is 9.80 Å². The lowest BCUT2D eigenvalue weighted by molar-refractivity contribution is 0.491. The van der Waals surface area contributed by atoms with Crippen LogP contribution >= 0.6 is 0 Å². The predicted octanol–water partition coefficient (Wildman–Crippen LogP) is 8.51. The van der Waals surface area contributed by atoms with Crippen molar-refractivity contribution in [1.29, 1.82) is 0 Å². The van der Waals surface area contributed by atoms with Gasteiger partial charge in [0.2, 0.25) is 0 Å². The van der Waals surface area contributed by atoms with E-state index in [1.54, 1.807) is 0 Å². The smallest absolute Gasteiger partial charge is 0.0565 e. The highest BCUT2D eigenvalue weighted by Crippen LogP contribution is 2.50. The highest BCUT2D eigenvalue weighted by Gasteiger charge is 2.42. The van der Waals surface area contributed by atoms with Gasteiger partial charge in [0.15, 0.2) is 0 Å². The van der Waals surface area contributed by atoms with Crippen LogP contribution in [0.3, 0.4) is 0 Å². The summed E-state index contributed by atoms with van der Waals surface area (Å²) in [6.07, 6.45) is 11.2. The summed E-state index contributed by atoms with van der Waals surface area (Å²) < 4.78 is 0. The Bertz CT molecular complexity index is 1620. The van der Waals surface area contributed by atoms with Gasteiger partial charge >= 0.3 is 0 Å². The van der Waals surface area contributed by atoms with Crippen molar-refractivity contribution in [2.24, 2.45) is 0 Å². The Hall–Kier alpha value is -3.78. The Morgan fingerprint density at radius 3 is 1.92 bits per heavy atom. The molecule has 2 nitrogen and oxygen atoms in total. The highest BCUT2D eigenvalue weighted by molar-refractivity contribution is 5.95. The largest absolute Gasteiger partial charge is 0.367 e. The molecule has 0 radical (unpaired) electrons. The average molecular weight is 485 g/mol. The molecule has 0 spiro atoms. The molecule has 4 aromatic rings. The van der Waals surface area contributed by atoms with Crippen LogP contribution in [0, 0.1) is 0 Å². The Morgan fingerprint density at radius 2 is 1.24 bits per heavy atom. The lowest BCUT2D eigenvalue weighted by Crippen LogP contribution is -2.37. The molecule has 0 aromatic heterocycles. The van der Waals surface area contributed by atoms with E-state index in [2.05, 4.69) is 155 Å². The maximum atomic E-state index is 2.43. The first-order chi connectivity index (χ1) is 17.7. The lowest BCUT2D eigenvalue weighted by Gasteiger charge is -2.30. The molecule has 0 amide bonds. The predicted molar refractivity (Wildman–Crippen MR) is 161 cm³/mol. The second kappa shape index (κ2) is 8.38. The van der Waals surface area contributed by atoms with Crippen LogP contribution in [0.15, 0.2) is 109 Å². The Balaban J connectivity index is 1.28. The second-order valence-corrected chi connectivity index (χ2v) is 11.6. The Kier molecular flexibility index (Phi) is 5.35. The number of rotatable bonds is 3. The van der Waals surface area contributed by atoms with Gasteiger partial charge in [-0.2, -0.15) is 0 Å². The third kappa shape index (κ3) is 3.46. The van der Waals surface area contributed by atoms with E-state index in [1.165, 1.54) is 49.7 Å². The number of fused-ring (bicyclic) bond motifs is 6. The minimum Gasteiger partial charge on any atom is -0.367 e. The van der Waals surface area contributed by atoms with Gasteiger partial charge in [0.25, 0.3) is 0 Å². The summed E-state index contributed by atoms with van der Waals surface area (Å²) in [6.45, 7) is 9.43. The monoisotopic (exact) mass is 484 g/mol. The number of allylic oxidation sites excluding steroid dienone is 5. The molecule has 0 saturated heterocycles. The first kappa shape index (κ1) is 23.6. The number of hydrogen-bond donors (Lipinski definition) is 0. The van der Waals surface area contributed by atoms with Crippen molar-refractivity contribution in [3.05, 3.63) is 120 Å². The van der Waals surface area contributed by atoms with E-state index in [-0.39, 0.29) is 10.8 Å². The molecule has 2 aliphatic rings. The van der Waals surface area contributed by atoms with Gasteiger partial charge in [-0.1, -0.05) is 113 Å². The summed E-state index contributed by atoms with van der Waals surface area (Å²) in [7, 11) is 4.41. The van der Waals surface area contributed by atoms with Gasteiger partial charge in [0.05, 0.1) is 6.04 Å². The SMILES string of the molecule is CN1/C(=C/C=C/C=C/C2N(C)c3ccc4ccccc4c3C2(C)C)C(C)(C)c2c1ccc1ccccc21. The van der Waals surface area contributed by atoms with Gasteiger partial charge in [-0.25, -0.2) is 0 Å². The summed E-state index contributed by atoms with van der Waals surface area (Å²) in [5.74, 6) is 0. The van der Waals surface area contributed by atoms with E-state index in [0.717, 1.165) is 0 Å². The van der Waals surface area contributed by atoms with E-state index in [4.69, 9.17) is 0 Å². The fourth-order valence-corrected chi connectivity index (χ4v) is 6.96. The third-order valence-corrected chi connectivity index (χ3v) is 8.75. The van der Waals surface area contributed by atoms with Crippen LogP contribution in [0.1, 0.15) is 38.8 Å². The zero-order valence-electron chi connectivity index (χ0n) is 22.8. The molecular formula is C35H36N2. The van der Waals surface area contributed by atoms with Crippen LogP contribution in [-0.4, -0.2) is 20.1 Å². The third-order valence-electron chi connectivity index (χ3n) is 8.75. The molecular weight excluding hydrogens is 448 g/mol. The molecule has 4 aromatic carbocycles. The summed E-state index contributed by atoms with van der Waals surface area (Å²) in [6, 6.07) is 26.8. The maximum absolute atomic E-state index is 2.43. The molecule has 37 heavy (non-hydrogen) atoms. The van der Waals surface area contributed by atoms with Gasteiger partial charge in [-0.3, -0.25) is 0 Å². The average Bonchev–Trinajstić information content (AvgIpc) is 3.21. The van der Waals surface area contributed by atoms with Crippen molar-refractivity contribution < 1.29 is 0 Å². The molecule has 1 atom stereocenters. The highest BCUT2D eigenvalue weighted by atomic mass is 15.2. The minimum atomic E-state index is -0.0602. The minimum absolute atomic E-state index is 0.0180. The van der Waals surface area contributed by atoms with Gasteiger partial charge in [-0.15, -0.1) is 0 Å². The molecule has 6 rings (SSSR count). The standard InChI is InChI=1S/C35H36N2/c1-34(2)30(36(5)28-22-20-24-14-10-12-16-26(24)32(28)34)18-8-7-9-19-31-35(3,4)33-27-17-13-11-15-25(27)21-23-29(33)37(31)6/h7-23,30H,1-6H3/b9-7+,18-8+,31-19+. The number of nitrogens with zero attached hydrogens (tertiary/aromatic N) is 2. The molecule has 0 aliphatic carbocycles. The topological polar surface area (TPSA) is 6.48 Å². The summed E-state index contributed by atoms with van der Waals surface area (Å²) in [5, 5.41) is 5.34. The summed E-state index contributed by atoms with van der Waals surface area (Å²) in [5.41, 5.74) is 6.79. The molecule has 0 fully saturated rings. The van der Waals surface area contributed by atoms with Crippen LogP contribution in [0.4, 0.5) is 11.4 Å². The molecule has 1 unspecified atom stereocenters. The summed E-state index contributed by atoms with van der Waals surface area (Å²) >= 11 is 0. The molecule has 186 valence electrons. The van der Waals surface area contributed by atoms with Crippen molar-refractivity contribution in [2.75, 3.05) is 23.9 Å². The Morgan fingerprint density at radius 1 is 0.649 bits per heavy atom. The van der Waals surface area contributed by atoms with E-state index in [1.807, 2.05) is 0 Å². The van der Waals surface area contributed by atoms with E-state index in [9.17, 15) is 0 Å². The summed E-state index contributed by atoms with van der Waals surface area (Å²) in [4.78, 5) is 4.78.